The Labute approximate surface area is 93.4 Å². The molecule has 4 heteroatoms. The Morgan fingerprint density at radius 2 is 2.20 bits per heavy atom. The van der Waals surface area contributed by atoms with Crippen LogP contribution in [0.15, 0.2) is 17.6 Å². The van der Waals surface area contributed by atoms with Crippen LogP contribution >= 0.6 is 11.3 Å². The summed E-state index contributed by atoms with van der Waals surface area (Å²) in [5.41, 5.74) is 7.88. The lowest BCUT2D eigenvalue weighted by Gasteiger charge is -2.14. The van der Waals surface area contributed by atoms with Crippen LogP contribution in [0.4, 0.5) is 0 Å². The van der Waals surface area contributed by atoms with Gasteiger partial charge in [-0.3, -0.25) is 0 Å². The van der Waals surface area contributed by atoms with Crippen molar-refractivity contribution >= 4 is 11.3 Å². The van der Waals surface area contributed by atoms with Gasteiger partial charge in [0.2, 0.25) is 0 Å². The van der Waals surface area contributed by atoms with E-state index in [0.29, 0.717) is 0 Å². The molecule has 0 amide bonds. The van der Waals surface area contributed by atoms with Crippen molar-refractivity contribution in [2.24, 2.45) is 5.73 Å². The van der Waals surface area contributed by atoms with Gasteiger partial charge in [0.25, 0.3) is 0 Å². The Morgan fingerprint density at radius 1 is 1.47 bits per heavy atom. The first-order valence-corrected chi connectivity index (χ1v) is 5.75. The van der Waals surface area contributed by atoms with Crippen molar-refractivity contribution in [2.75, 3.05) is 0 Å². The van der Waals surface area contributed by atoms with E-state index in [2.05, 4.69) is 28.3 Å². The van der Waals surface area contributed by atoms with Crippen LogP contribution < -0.4 is 5.73 Å². The van der Waals surface area contributed by atoms with Gasteiger partial charge in [-0.1, -0.05) is 0 Å². The standard InChI is InChI=1S/C11H15N3S/c1-7-4-5-15-9(7)8-6-13-10(14-8)11(2,3)12/h4-6H,12H2,1-3H3,(H,13,14). The first kappa shape index (κ1) is 10.4. The lowest BCUT2D eigenvalue weighted by molar-refractivity contribution is 0.520. The topological polar surface area (TPSA) is 54.7 Å². The third-order valence-electron chi connectivity index (χ3n) is 2.29. The van der Waals surface area contributed by atoms with Gasteiger partial charge in [0.1, 0.15) is 5.82 Å². The Morgan fingerprint density at radius 3 is 2.67 bits per heavy atom. The molecule has 0 radical (unpaired) electrons. The predicted octanol–water partition coefficient (Wildman–Crippen LogP) is 2.64. The number of aromatic amines is 1. The number of hydrogen-bond acceptors (Lipinski definition) is 3. The van der Waals surface area contributed by atoms with E-state index < -0.39 is 5.54 Å². The van der Waals surface area contributed by atoms with E-state index in [1.165, 1.54) is 10.4 Å². The number of thiophene rings is 1. The summed E-state index contributed by atoms with van der Waals surface area (Å²) in [4.78, 5) is 8.82. The fraction of sp³-hybridized carbons (Fsp3) is 0.364. The molecule has 2 aromatic rings. The van der Waals surface area contributed by atoms with Crippen LogP contribution in [0.5, 0.6) is 0 Å². The van der Waals surface area contributed by atoms with Crippen molar-refractivity contribution in [3.05, 3.63) is 29.0 Å². The van der Waals surface area contributed by atoms with Crippen LogP contribution in [0.1, 0.15) is 25.2 Å². The highest BCUT2D eigenvalue weighted by atomic mass is 32.1. The molecule has 0 unspecified atom stereocenters. The molecule has 0 aliphatic rings. The van der Waals surface area contributed by atoms with E-state index in [0.717, 1.165) is 11.5 Å². The first-order valence-electron chi connectivity index (χ1n) is 4.87. The summed E-state index contributed by atoms with van der Waals surface area (Å²) in [7, 11) is 0. The molecular weight excluding hydrogens is 206 g/mol. The molecule has 0 spiro atoms. The fourth-order valence-electron chi connectivity index (χ4n) is 1.41. The predicted molar refractivity (Wildman–Crippen MR) is 63.9 cm³/mol. The number of aryl methyl sites for hydroxylation is 1. The van der Waals surface area contributed by atoms with E-state index in [-0.39, 0.29) is 0 Å². The molecule has 2 heterocycles. The van der Waals surface area contributed by atoms with Gasteiger partial charge in [-0.15, -0.1) is 11.3 Å². The maximum Gasteiger partial charge on any atom is 0.126 e. The van der Waals surface area contributed by atoms with Crippen molar-refractivity contribution in [1.29, 1.82) is 0 Å². The summed E-state index contributed by atoms with van der Waals surface area (Å²) >= 11 is 1.71. The maximum atomic E-state index is 5.97. The molecule has 0 atom stereocenters. The zero-order valence-corrected chi connectivity index (χ0v) is 9.98. The molecule has 2 aromatic heterocycles. The second-order valence-corrected chi connectivity index (χ2v) is 5.22. The van der Waals surface area contributed by atoms with Crippen LogP contribution in [-0.4, -0.2) is 9.97 Å². The summed E-state index contributed by atoms with van der Waals surface area (Å²) < 4.78 is 0. The molecule has 0 aliphatic carbocycles. The van der Waals surface area contributed by atoms with Crippen molar-refractivity contribution in [1.82, 2.24) is 9.97 Å². The number of aromatic nitrogens is 2. The molecule has 3 nitrogen and oxygen atoms in total. The number of hydrogen-bond donors (Lipinski definition) is 2. The summed E-state index contributed by atoms with van der Waals surface area (Å²) in [6, 6.07) is 2.11. The van der Waals surface area contributed by atoms with E-state index in [4.69, 9.17) is 5.73 Å². The number of imidazole rings is 1. The lowest BCUT2D eigenvalue weighted by atomic mass is 10.1. The van der Waals surface area contributed by atoms with Crippen molar-refractivity contribution in [2.45, 2.75) is 26.3 Å². The minimum absolute atomic E-state index is 0.413. The van der Waals surface area contributed by atoms with Crippen LogP contribution in [0.2, 0.25) is 0 Å². The van der Waals surface area contributed by atoms with Crippen LogP contribution in [0, 0.1) is 6.92 Å². The summed E-state index contributed by atoms with van der Waals surface area (Å²) in [5, 5.41) is 2.08. The average Bonchev–Trinajstić information content (AvgIpc) is 2.69. The van der Waals surface area contributed by atoms with E-state index >= 15 is 0 Å². The van der Waals surface area contributed by atoms with E-state index in [1.54, 1.807) is 11.3 Å². The highest BCUT2D eigenvalue weighted by molar-refractivity contribution is 7.13. The number of nitrogens with zero attached hydrogens (tertiary/aromatic N) is 1. The van der Waals surface area contributed by atoms with E-state index in [1.807, 2.05) is 20.0 Å². The average molecular weight is 221 g/mol. The monoisotopic (exact) mass is 221 g/mol. The molecule has 0 saturated heterocycles. The third-order valence-corrected chi connectivity index (χ3v) is 3.34. The Balaban J connectivity index is 2.41. The van der Waals surface area contributed by atoms with Crippen molar-refractivity contribution in [3.63, 3.8) is 0 Å². The molecule has 3 N–H and O–H groups in total. The lowest BCUT2D eigenvalue weighted by Crippen LogP contribution is -2.30. The van der Waals surface area contributed by atoms with Crippen molar-refractivity contribution in [3.8, 4) is 10.6 Å². The number of H-pyrrole nitrogens is 1. The van der Waals surface area contributed by atoms with Crippen LogP contribution in [-0.2, 0) is 5.54 Å². The van der Waals surface area contributed by atoms with Crippen LogP contribution in [0.25, 0.3) is 10.6 Å². The number of nitrogens with one attached hydrogen (secondary N) is 1. The smallest absolute Gasteiger partial charge is 0.126 e. The Hall–Kier alpha value is -1.13. The Bertz CT molecular complexity index is 462. The summed E-state index contributed by atoms with van der Waals surface area (Å²) in [6.07, 6.45) is 1.85. The molecule has 80 valence electrons. The SMILES string of the molecule is Cc1ccsc1-c1cnc(C(C)(C)N)[nH]1. The van der Waals surface area contributed by atoms with Gasteiger partial charge in [0.05, 0.1) is 22.3 Å². The van der Waals surface area contributed by atoms with Crippen molar-refractivity contribution < 1.29 is 0 Å². The van der Waals surface area contributed by atoms with Gasteiger partial charge in [0.15, 0.2) is 0 Å². The minimum atomic E-state index is -0.413. The number of nitrogens with two attached hydrogens (primary N) is 1. The quantitative estimate of drug-likeness (QED) is 0.819. The second kappa shape index (κ2) is 3.47. The fourth-order valence-corrected chi connectivity index (χ4v) is 2.31. The molecule has 0 aromatic carbocycles. The van der Waals surface area contributed by atoms with Gasteiger partial charge in [-0.2, -0.15) is 0 Å². The molecule has 15 heavy (non-hydrogen) atoms. The van der Waals surface area contributed by atoms with Gasteiger partial charge >= 0.3 is 0 Å². The van der Waals surface area contributed by atoms with E-state index in [9.17, 15) is 0 Å². The minimum Gasteiger partial charge on any atom is -0.340 e. The molecule has 0 saturated carbocycles. The zero-order chi connectivity index (χ0) is 11.1. The zero-order valence-electron chi connectivity index (χ0n) is 9.16. The molecule has 0 bridgehead atoms. The first-order chi connectivity index (χ1) is 6.98. The van der Waals surface area contributed by atoms with Gasteiger partial charge < -0.3 is 10.7 Å². The highest BCUT2D eigenvalue weighted by Crippen LogP contribution is 2.28. The normalized spacial score (nSPS) is 12.0. The second-order valence-electron chi connectivity index (χ2n) is 4.30. The highest BCUT2D eigenvalue weighted by Gasteiger charge is 2.18. The molecule has 2 rings (SSSR count). The van der Waals surface area contributed by atoms with Gasteiger partial charge in [0, 0.05) is 0 Å². The maximum absolute atomic E-state index is 5.97. The van der Waals surface area contributed by atoms with Gasteiger partial charge in [-0.05, 0) is 37.8 Å². The third kappa shape index (κ3) is 1.96. The molecular formula is C11H15N3S. The molecule has 0 fully saturated rings. The molecule has 0 aliphatic heterocycles. The number of rotatable bonds is 2. The summed E-state index contributed by atoms with van der Waals surface area (Å²) in [6.45, 7) is 5.98. The largest absolute Gasteiger partial charge is 0.340 e. The summed E-state index contributed by atoms with van der Waals surface area (Å²) in [5.74, 6) is 0.824. The Kier molecular flexibility index (Phi) is 2.40. The van der Waals surface area contributed by atoms with Gasteiger partial charge in [-0.25, -0.2) is 4.98 Å². The van der Waals surface area contributed by atoms with Crippen LogP contribution in [0.3, 0.4) is 0 Å².